The molecule has 5 nitrogen and oxygen atoms in total. The zero-order valence-corrected chi connectivity index (χ0v) is 17.9. The summed E-state index contributed by atoms with van der Waals surface area (Å²) in [4.78, 5) is 29.6. The Labute approximate surface area is 175 Å². The van der Waals surface area contributed by atoms with E-state index in [1.807, 2.05) is 54.3 Å². The van der Waals surface area contributed by atoms with Crippen LogP contribution in [0.2, 0.25) is 0 Å². The van der Waals surface area contributed by atoms with Crippen LogP contribution in [0.4, 0.5) is 5.82 Å². The van der Waals surface area contributed by atoms with Gasteiger partial charge in [0.05, 0.1) is 5.39 Å². The monoisotopic (exact) mass is 406 g/mol. The fourth-order valence-electron chi connectivity index (χ4n) is 4.58. The largest absolute Gasteiger partial charge is 0.352 e. The van der Waals surface area contributed by atoms with Gasteiger partial charge in [0.15, 0.2) is 0 Å². The van der Waals surface area contributed by atoms with Crippen molar-refractivity contribution < 1.29 is 4.79 Å². The molecule has 150 valence electrons. The van der Waals surface area contributed by atoms with Gasteiger partial charge < -0.3 is 9.80 Å². The smallest absolute Gasteiger partial charge is 0.254 e. The third-order valence-corrected chi connectivity index (χ3v) is 7.33. The molecule has 1 aromatic carbocycles. The lowest BCUT2D eigenvalue weighted by molar-refractivity contribution is 0.0746. The molecule has 0 radical (unpaired) electrons. The van der Waals surface area contributed by atoms with E-state index >= 15 is 0 Å². The fraction of sp³-hybridized carbons (Fsp3) is 0.435. The molecular weight excluding hydrogens is 380 g/mol. The maximum Gasteiger partial charge on any atom is 0.254 e. The van der Waals surface area contributed by atoms with Gasteiger partial charge in [-0.25, -0.2) is 9.97 Å². The van der Waals surface area contributed by atoms with E-state index in [1.165, 1.54) is 35.1 Å². The van der Waals surface area contributed by atoms with Gasteiger partial charge in [-0.1, -0.05) is 18.2 Å². The third kappa shape index (κ3) is 3.29. The number of hydrogen-bond acceptors (Lipinski definition) is 5. The van der Waals surface area contributed by atoms with Crippen molar-refractivity contribution in [3.8, 4) is 0 Å². The van der Waals surface area contributed by atoms with Crippen LogP contribution in [0.25, 0.3) is 10.2 Å². The van der Waals surface area contributed by atoms with Gasteiger partial charge in [0.25, 0.3) is 5.91 Å². The molecular formula is C23H26N4OS. The van der Waals surface area contributed by atoms with Crippen LogP contribution in [0.15, 0.2) is 24.3 Å². The minimum atomic E-state index is 0.139. The molecule has 3 aromatic rings. The molecule has 6 heteroatoms. The number of anilines is 1. The third-order valence-electron chi connectivity index (χ3n) is 6.15. The highest BCUT2D eigenvalue weighted by atomic mass is 32.1. The first kappa shape index (κ1) is 18.6. The average molecular weight is 407 g/mol. The molecule has 2 aliphatic rings. The van der Waals surface area contributed by atoms with Gasteiger partial charge in [-0.3, -0.25) is 4.79 Å². The van der Waals surface area contributed by atoms with Gasteiger partial charge in [0.1, 0.15) is 16.5 Å². The molecule has 2 aromatic heterocycles. The van der Waals surface area contributed by atoms with Crippen LogP contribution < -0.4 is 4.90 Å². The van der Waals surface area contributed by atoms with Crippen molar-refractivity contribution in [1.29, 1.82) is 0 Å². The Morgan fingerprint density at radius 1 is 1.00 bits per heavy atom. The van der Waals surface area contributed by atoms with Gasteiger partial charge in [-0.05, 0) is 56.7 Å². The molecule has 0 N–H and O–H groups in total. The Bertz CT molecular complexity index is 1080. The van der Waals surface area contributed by atoms with Crippen molar-refractivity contribution in [3.63, 3.8) is 0 Å². The Morgan fingerprint density at radius 3 is 2.55 bits per heavy atom. The summed E-state index contributed by atoms with van der Waals surface area (Å²) in [7, 11) is 0. The van der Waals surface area contributed by atoms with Crippen LogP contribution in [0.1, 0.15) is 45.0 Å². The fourth-order valence-corrected chi connectivity index (χ4v) is 5.88. The quantitative estimate of drug-likeness (QED) is 0.642. The highest BCUT2D eigenvalue weighted by molar-refractivity contribution is 7.19. The minimum Gasteiger partial charge on any atom is -0.352 e. The van der Waals surface area contributed by atoms with E-state index in [0.717, 1.165) is 60.2 Å². The Kier molecular flexibility index (Phi) is 4.74. The Balaban J connectivity index is 1.41. The van der Waals surface area contributed by atoms with Crippen LogP contribution in [0.5, 0.6) is 0 Å². The van der Waals surface area contributed by atoms with Crippen molar-refractivity contribution in [2.75, 3.05) is 31.1 Å². The van der Waals surface area contributed by atoms with Crippen molar-refractivity contribution in [3.05, 3.63) is 51.7 Å². The molecule has 0 atom stereocenters. The summed E-state index contributed by atoms with van der Waals surface area (Å²) in [6.07, 6.45) is 4.85. The average Bonchev–Trinajstić information content (AvgIpc) is 3.11. The molecule has 0 spiro atoms. The number of hydrogen-bond donors (Lipinski definition) is 0. The van der Waals surface area contributed by atoms with Crippen molar-refractivity contribution >= 4 is 33.3 Å². The van der Waals surface area contributed by atoms with Crippen LogP contribution >= 0.6 is 11.3 Å². The molecule has 0 bridgehead atoms. The van der Waals surface area contributed by atoms with Gasteiger partial charge in [-0.15, -0.1) is 11.3 Å². The van der Waals surface area contributed by atoms with E-state index < -0.39 is 0 Å². The van der Waals surface area contributed by atoms with Crippen LogP contribution in [-0.2, 0) is 12.8 Å². The van der Waals surface area contributed by atoms with E-state index in [0.29, 0.717) is 0 Å². The summed E-state index contributed by atoms with van der Waals surface area (Å²) in [6.45, 7) is 7.07. The first-order valence-corrected chi connectivity index (χ1v) is 11.3. The molecule has 1 aliphatic heterocycles. The number of carbonyl (C=O) groups excluding carboxylic acids is 1. The number of carbonyl (C=O) groups is 1. The number of aryl methyl sites for hydroxylation is 4. The maximum absolute atomic E-state index is 13.0. The number of benzene rings is 1. The van der Waals surface area contributed by atoms with Gasteiger partial charge in [-0.2, -0.15) is 0 Å². The molecule has 1 saturated heterocycles. The maximum atomic E-state index is 13.0. The second-order valence-corrected chi connectivity index (χ2v) is 9.16. The van der Waals surface area contributed by atoms with Crippen molar-refractivity contribution in [1.82, 2.24) is 14.9 Å². The highest BCUT2D eigenvalue weighted by Gasteiger charge is 2.27. The first-order chi connectivity index (χ1) is 14.1. The molecule has 3 heterocycles. The minimum absolute atomic E-state index is 0.139. The molecule has 0 saturated carbocycles. The predicted molar refractivity (Wildman–Crippen MR) is 118 cm³/mol. The number of nitrogens with zero attached hydrogens (tertiary/aromatic N) is 4. The van der Waals surface area contributed by atoms with E-state index in [9.17, 15) is 4.79 Å². The molecule has 0 unspecified atom stereocenters. The van der Waals surface area contributed by atoms with Crippen molar-refractivity contribution in [2.45, 2.75) is 39.5 Å². The number of fused-ring (bicyclic) bond motifs is 3. The lowest BCUT2D eigenvalue weighted by Gasteiger charge is -2.36. The van der Waals surface area contributed by atoms with Crippen molar-refractivity contribution in [2.24, 2.45) is 0 Å². The molecule has 5 rings (SSSR count). The SMILES string of the molecule is Cc1nc(N2CCN(C(=O)c3ccccc3C)CC2)c2c3c(sc2n1)CCCC3. The summed E-state index contributed by atoms with van der Waals surface area (Å²) in [5, 5.41) is 1.27. The number of amides is 1. The molecule has 1 aliphatic carbocycles. The molecule has 1 amide bonds. The topological polar surface area (TPSA) is 49.3 Å². The standard InChI is InChI=1S/C23H26N4OS/c1-15-7-3-4-8-17(15)23(28)27-13-11-26(12-14-27)21-20-18-9-5-6-10-19(18)29-22(20)25-16(2)24-21/h3-4,7-8H,5-6,9-14H2,1-2H3. The lowest BCUT2D eigenvalue weighted by atomic mass is 9.97. The summed E-state index contributed by atoms with van der Waals surface area (Å²) in [6, 6.07) is 7.85. The van der Waals surface area contributed by atoms with Crippen LogP contribution in [-0.4, -0.2) is 47.0 Å². The zero-order valence-electron chi connectivity index (χ0n) is 17.1. The van der Waals surface area contributed by atoms with E-state index in [-0.39, 0.29) is 5.91 Å². The molecule has 29 heavy (non-hydrogen) atoms. The summed E-state index contributed by atoms with van der Waals surface area (Å²) in [5.41, 5.74) is 3.33. The van der Waals surface area contributed by atoms with Gasteiger partial charge in [0.2, 0.25) is 0 Å². The summed E-state index contributed by atoms with van der Waals surface area (Å²) < 4.78 is 0. The van der Waals surface area contributed by atoms with E-state index in [1.54, 1.807) is 0 Å². The van der Waals surface area contributed by atoms with E-state index in [2.05, 4.69) is 4.90 Å². The van der Waals surface area contributed by atoms with Gasteiger partial charge in [0, 0.05) is 36.6 Å². The Morgan fingerprint density at radius 2 is 1.76 bits per heavy atom. The summed E-state index contributed by atoms with van der Waals surface area (Å²) >= 11 is 1.85. The lowest BCUT2D eigenvalue weighted by Crippen LogP contribution is -2.49. The number of thiophene rings is 1. The predicted octanol–water partition coefficient (Wildman–Crippen LogP) is 4.15. The van der Waals surface area contributed by atoms with Crippen LogP contribution in [0, 0.1) is 13.8 Å². The normalized spacial score (nSPS) is 16.9. The number of piperazine rings is 1. The zero-order chi connectivity index (χ0) is 20.0. The Hall–Kier alpha value is -2.47. The molecule has 1 fully saturated rings. The second kappa shape index (κ2) is 7.41. The second-order valence-electron chi connectivity index (χ2n) is 8.08. The van der Waals surface area contributed by atoms with Gasteiger partial charge >= 0.3 is 0 Å². The first-order valence-electron chi connectivity index (χ1n) is 10.5. The number of aromatic nitrogens is 2. The van der Waals surface area contributed by atoms with Crippen LogP contribution in [0.3, 0.4) is 0 Å². The highest BCUT2D eigenvalue weighted by Crippen LogP contribution is 2.39. The summed E-state index contributed by atoms with van der Waals surface area (Å²) in [5.74, 6) is 2.05. The van der Waals surface area contributed by atoms with E-state index in [4.69, 9.17) is 9.97 Å². The number of rotatable bonds is 2.